The largest absolute Gasteiger partial charge is 0.340 e. The number of rotatable bonds is 10. The summed E-state index contributed by atoms with van der Waals surface area (Å²) in [6.45, 7) is 20.7. The molecule has 2 aromatic rings. The Morgan fingerprint density at radius 3 is 2.41 bits per heavy atom. The molecule has 0 atom stereocenters. The van der Waals surface area contributed by atoms with Gasteiger partial charge >= 0.3 is 0 Å². The molecule has 1 aromatic heterocycles. The van der Waals surface area contributed by atoms with E-state index in [1.54, 1.807) is 0 Å². The van der Waals surface area contributed by atoms with Gasteiger partial charge in [0.1, 0.15) is 6.79 Å². The van der Waals surface area contributed by atoms with Crippen LogP contribution in [0.2, 0.25) is 0 Å². The molecule has 0 saturated heterocycles. The van der Waals surface area contributed by atoms with Crippen molar-refractivity contribution in [2.24, 2.45) is 5.41 Å². The summed E-state index contributed by atoms with van der Waals surface area (Å²) in [6.07, 6.45) is 13.1. The van der Waals surface area contributed by atoms with E-state index in [1.165, 1.54) is 40.8 Å². The molecule has 0 spiro atoms. The highest BCUT2D eigenvalue weighted by atomic mass is 79.9. The number of carbonyl (C=O) groups is 1. The standard InChI is InChI=1S/C27H38BrNS.CH2O/c1-8-10-18-27(6,7)20-24-25(30-26(3,4)5)22-16-11-12-17-23(22)29(24)19-14-13-15-21(28)9-2;1-2/h9,11-17H,2,8,10,18-20H2,1,3-7H3;1H2/b14-13+,21-15+;. The highest BCUT2D eigenvalue weighted by Gasteiger charge is 2.27. The van der Waals surface area contributed by atoms with Gasteiger partial charge in [-0.3, -0.25) is 0 Å². The Hall–Kier alpha value is -1.52. The summed E-state index contributed by atoms with van der Waals surface area (Å²) in [6, 6.07) is 8.90. The van der Waals surface area contributed by atoms with Gasteiger partial charge in [-0.15, -0.1) is 11.8 Å². The lowest BCUT2D eigenvalue weighted by molar-refractivity contribution is -0.0979. The SMILES string of the molecule is C=C/C(Br)=C\C=C\Cn1c(CC(C)(C)CCCC)c(SC(C)(C)C)c2ccccc21.C=O. The van der Waals surface area contributed by atoms with Gasteiger partial charge in [0.25, 0.3) is 0 Å². The molecular formula is C28H40BrNOS. The van der Waals surface area contributed by atoms with Crippen LogP contribution in [0.25, 0.3) is 10.9 Å². The lowest BCUT2D eigenvalue weighted by Gasteiger charge is -2.27. The fraction of sp³-hybridized carbons (Fsp3) is 0.464. The fourth-order valence-electron chi connectivity index (χ4n) is 3.72. The quantitative estimate of drug-likeness (QED) is 0.231. The monoisotopic (exact) mass is 517 g/mol. The van der Waals surface area contributed by atoms with Crippen molar-refractivity contribution in [1.82, 2.24) is 4.57 Å². The van der Waals surface area contributed by atoms with Crippen LogP contribution in [0.5, 0.6) is 0 Å². The van der Waals surface area contributed by atoms with Crippen molar-refractivity contribution < 1.29 is 4.79 Å². The number of aromatic nitrogens is 1. The van der Waals surface area contributed by atoms with Gasteiger partial charge in [0.05, 0.1) is 0 Å². The smallest absolute Gasteiger partial charge is 0.106 e. The van der Waals surface area contributed by atoms with Gasteiger partial charge in [-0.05, 0) is 30.4 Å². The van der Waals surface area contributed by atoms with E-state index in [2.05, 4.69) is 105 Å². The first kappa shape index (κ1) is 28.5. The number of fused-ring (bicyclic) bond motifs is 1. The maximum atomic E-state index is 8.00. The van der Waals surface area contributed by atoms with E-state index in [0.29, 0.717) is 0 Å². The third-order valence-corrected chi connectivity index (χ3v) is 7.02. The van der Waals surface area contributed by atoms with Crippen molar-refractivity contribution >= 4 is 45.4 Å². The van der Waals surface area contributed by atoms with Gasteiger partial charge in [0.15, 0.2) is 0 Å². The topological polar surface area (TPSA) is 22.0 Å². The van der Waals surface area contributed by atoms with E-state index in [1.807, 2.05) is 30.7 Å². The van der Waals surface area contributed by atoms with Crippen molar-refractivity contribution in [3.63, 3.8) is 0 Å². The Morgan fingerprint density at radius 1 is 1.16 bits per heavy atom. The molecule has 0 amide bonds. The Balaban J connectivity index is 0.00000249. The molecule has 0 aliphatic rings. The fourth-order valence-corrected chi connectivity index (χ4v) is 5.07. The molecule has 0 aliphatic heterocycles. The Kier molecular flexibility index (Phi) is 11.8. The number of benzene rings is 1. The summed E-state index contributed by atoms with van der Waals surface area (Å²) in [4.78, 5) is 9.46. The predicted octanol–water partition coefficient (Wildman–Crippen LogP) is 9.13. The summed E-state index contributed by atoms with van der Waals surface area (Å²) in [7, 11) is 0. The predicted molar refractivity (Wildman–Crippen MR) is 148 cm³/mol. The number of halogens is 1. The van der Waals surface area contributed by atoms with Crippen molar-refractivity contribution in [3.8, 4) is 0 Å². The first-order valence-electron chi connectivity index (χ1n) is 11.3. The molecule has 2 nitrogen and oxygen atoms in total. The molecule has 0 radical (unpaired) electrons. The van der Waals surface area contributed by atoms with Crippen molar-refractivity contribution in [1.29, 1.82) is 0 Å². The Labute approximate surface area is 208 Å². The number of nitrogens with zero attached hydrogens (tertiary/aromatic N) is 1. The van der Waals surface area contributed by atoms with E-state index < -0.39 is 0 Å². The zero-order valence-corrected chi connectivity index (χ0v) is 23.1. The van der Waals surface area contributed by atoms with Crippen LogP contribution >= 0.6 is 27.7 Å². The molecule has 1 heterocycles. The summed E-state index contributed by atoms with van der Waals surface area (Å²) in [5, 5.41) is 1.38. The van der Waals surface area contributed by atoms with Crippen LogP contribution in [0.15, 0.2) is 64.5 Å². The summed E-state index contributed by atoms with van der Waals surface area (Å²) >= 11 is 5.51. The van der Waals surface area contributed by atoms with Gasteiger partial charge in [0, 0.05) is 37.3 Å². The molecule has 32 heavy (non-hydrogen) atoms. The second-order valence-corrected chi connectivity index (χ2v) is 12.5. The minimum Gasteiger partial charge on any atom is -0.340 e. The molecular weight excluding hydrogens is 478 g/mol. The van der Waals surface area contributed by atoms with Gasteiger partial charge in [-0.2, -0.15) is 0 Å². The molecule has 1 aromatic carbocycles. The van der Waals surface area contributed by atoms with Crippen LogP contribution in [0.3, 0.4) is 0 Å². The molecule has 176 valence electrons. The third kappa shape index (κ3) is 8.78. The first-order chi connectivity index (χ1) is 15.1. The minimum absolute atomic E-state index is 0.171. The van der Waals surface area contributed by atoms with Gasteiger partial charge in [-0.25, -0.2) is 0 Å². The van der Waals surface area contributed by atoms with Crippen LogP contribution in [-0.4, -0.2) is 16.1 Å². The van der Waals surface area contributed by atoms with Crippen LogP contribution < -0.4 is 0 Å². The number of hydrogen-bond acceptors (Lipinski definition) is 2. The van der Waals surface area contributed by atoms with Crippen molar-refractivity contribution in [2.45, 2.75) is 83.4 Å². The highest BCUT2D eigenvalue weighted by Crippen LogP contribution is 2.43. The number of unbranched alkanes of at least 4 members (excludes halogenated alkanes) is 1. The number of allylic oxidation sites excluding steroid dienone is 5. The maximum Gasteiger partial charge on any atom is 0.106 e. The molecule has 0 aliphatic carbocycles. The van der Waals surface area contributed by atoms with Crippen LogP contribution in [0, 0.1) is 5.41 Å². The van der Waals surface area contributed by atoms with Gasteiger partial charge in [0.2, 0.25) is 0 Å². The number of para-hydroxylation sites is 1. The van der Waals surface area contributed by atoms with E-state index in [4.69, 9.17) is 4.79 Å². The zero-order chi connectivity index (χ0) is 24.4. The highest BCUT2D eigenvalue weighted by molar-refractivity contribution is 9.11. The minimum atomic E-state index is 0.171. The molecule has 0 saturated carbocycles. The first-order valence-corrected chi connectivity index (χ1v) is 12.9. The van der Waals surface area contributed by atoms with E-state index in [0.717, 1.165) is 17.4 Å². The Morgan fingerprint density at radius 2 is 1.81 bits per heavy atom. The molecule has 0 fully saturated rings. The third-order valence-electron chi connectivity index (χ3n) is 5.16. The molecule has 4 heteroatoms. The normalized spacial score (nSPS) is 12.8. The Bertz CT molecular complexity index is 931. The number of carbonyl (C=O) groups excluding carboxylic acids is 1. The van der Waals surface area contributed by atoms with E-state index in [9.17, 15) is 0 Å². The van der Waals surface area contributed by atoms with Crippen LogP contribution in [0.4, 0.5) is 0 Å². The average molecular weight is 519 g/mol. The van der Waals surface area contributed by atoms with Crippen LogP contribution in [0.1, 0.15) is 66.5 Å². The van der Waals surface area contributed by atoms with Gasteiger partial charge < -0.3 is 9.36 Å². The van der Waals surface area contributed by atoms with E-state index >= 15 is 0 Å². The number of hydrogen-bond donors (Lipinski definition) is 0. The summed E-state index contributed by atoms with van der Waals surface area (Å²) in [5.74, 6) is 0. The molecule has 0 N–H and O–H groups in total. The van der Waals surface area contributed by atoms with Crippen molar-refractivity contribution in [2.75, 3.05) is 0 Å². The van der Waals surface area contributed by atoms with Gasteiger partial charge in [-0.1, -0.05) is 113 Å². The second-order valence-electron chi connectivity index (χ2n) is 9.75. The van der Waals surface area contributed by atoms with Crippen LogP contribution in [-0.2, 0) is 17.8 Å². The average Bonchev–Trinajstić information content (AvgIpc) is 3.01. The molecule has 2 rings (SSSR count). The lowest BCUT2D eigenvalue weighted by atomic mass is 9.82. The summed E-state index contributed by atoms with van der Waals surface area (Å²) < 4.78 is 3.70. The number of thioether (sulfide) groups is 1. The molecule has 0 bridgehead atoms. The summed E-state index contributed by atoms with van der Waals surface area (Å²) in [5.41, 5.74) is 3.10. The lowest BCUT2D eigenvalue weighted by Crippen LogP contribution is -2.19. The zero-order valence-electron chi connectivity index (χ0n) is 20.7. The second kappa shape index (κ2) is 13.3. The maximum absolute atomic E-state index is 8.00. The van der Waals surface area contributed by atoms with Crippen molar-refractivity contribution in [3.05, 3.63) is 65.3 Å². The van der Waals surface area contributed by atoms with E-state index in [-0.39, 0.29) is 10.2 Å². The molecule has 0 unspecified atom stereocenters.